The number of hydrogen-bond acceptors (Lipinski definition) is 4. The van der Waals surface area contributed by atoms with Crippen molar-refractivity contribution in [2.75, 3.05) is 6.79 Å². The minimum absolute atomic E-state index is 0.200. The number of sulfonamides is 1. The molecule has 0 radical (unpaired) electrons. The maximum absolute atomic E-state index is 12.4. The zero-order valence-electron chi connectivity index (χ0n) is 13.8. The summed E-state index contributed by atoms with van der Waals surface area (Å²) in [7, 11) is -3.54. The zero-order chi connectivity index (χ0) is 17.2. The molecule has 2 aromatic rings. The monoisotopic (exact) mass is 347 g/mol. The van der Waals surface area contributed by atoms with E-state index in [0.717, 1.165) is 17.5 Å². The number of ether oxygens (including phenoxy) is 2. The fraction of sp³-hybridized carbons (Fsp3) is 0.333. The second-order valence-corrected chi connectivity index (χ2v) is 7.66. The van der Waals surface area contributed by atoms with Crippen LogP contribution >= 0.6 is 0 Å². The van der Waals surface area contributed by atoms with Crippen molar-refractivity contribution in [3.63, 3.8) is 0 Å². The van der Waals surface area contributed by atoms with Gasteiger partial charge < -0.3 is 9.47 Å². The van der Waals surface area contributed by atoms with E-state index in [1.165, 1.54) is 0 Å². The lowest BCUT2D eigenvalue weighted by molar-refractivity contribution is 0.174. The Hall–Kier alpha value is -2.05. The van der Waals surface area contributed by atoms with Crippen LogP contribution in [0.15, 0.2) is 47.4 Å². The van der Waals surface area contributed by atoms with E-state index in [2.05, 4.69) is 18.6 Å². The topological polar surface area (TPSA) is 64.6 Å². The maximum atomic E-state index is 12.4. The summed E-state index contributed by atoms with van der Waals surface area (Å²) in [6, 6.07) is 12.5. The summed E-state index contributed by atoms with van der Waals surface area (Å²) < 4.78 is 38.0. The van der Waals surface area contributed by atoms with Gasteiger partial charge >= 0.3 is 0 Å². The summed E-state index contributed by atoms with van der Waals surface area (Å²) in [6.45, 7) is 4.64. The predicted molar refractivity (Wildman–Crippen MR) is 91.7 cm³/mol. The molecule has 1 atom stereocenters. The van der Waals surface area contributed by atoms with Gasteiger partial charge in [0.05, 0.1) is 4.90 Å². The van der Waals surface area contributed by atoms with Crippen molar-refractivity contribution in [2.45, 2.75) is 37.6 Å². The average molecular weight is 347 g/mol. The third-order valence-corrected chi connectivity index (χ3v) is 5.69. The van der Waals surface area contributed by atoms with Gasteiger partial charge in [-0.15, -0.1) is 0 Å². The highest BCUT2D eigenvalue weighted by atomic mass is 32.2. The van der Waals surface area contributed by atoms with Crippen molar-refractivity contribution < 1.29 is 17.9 Å². The molecule has 5 nitrogen and oxygen atoms in total. The molecule has 0 aromatic heterocycles. The molecule has 1 heterocycles. The van der Waals surface area contributed by atoms with Crippen LogP contribution in [0, 0.1) is 0 Å². The molecule has 0 spiro atoms. The summed E-state index contributed by atoms with van der Waals surface area (Å²) in [5, 5.41) is 0. The molecule has 2 aromatic carbocycles. The van der Waals surface area contributed by atoms with Crippen molar-refractivity contribution in [3.05, 3.63) is 53.6 Å². The molecular formula is C18H21NO4S. The van der Waals surface area contributed by atoms with Crippen molar-refractivity contribution in [1.29, 1.82) is 0 Å². The van der Waals surface area contributed by atoms with Crippen LogP contribution in [0.2, 0.25) is 0 Å². The smallest absolute Gasteiger partial charge is 0.240 e. The second-order valence-electron chi connectivity index (χ2n) is 5.89. The summed E-state index contributed by atoms with van der Waals surface area (Å²) in [5.41, 5.74) is 1.96. The van der Waals surface area contributed by atoms with Crippen molar-refractivity contribution in [2.24, 2.45) is 0 Å². The SMILES string of the molecule is CC[C@@H](C)c1ccc(S(=O)(=O)NCc2ccc3c(c2)OCO3)cc1. The van der Waals surface area contributed by atoms with Crippen molar-refractivity contribution in [3.8, 4) is 11.5 Å². The van der Waals surface area contributed by atoms with Gasteiger partial charge in [0, 0.05) is 6.54 Å². The third kappa shape index (κ3) is 3.55. The minimum atomic E-state index is -3.54. The van der Waals surface area contributed by atoms with E-state index in [1.807, 2.05) is 18.2 Å². The van der Waals surface area contributed by atoms with Gasteiger partial charge in [-0.2, -0.15) is 0 Å². The lowest BCUT2D eigenvalue weighted by atomic mass is 9.99. The van der Waals surface area contributed by atoms with Crippen LogP contribution in [0.25, 0.3) is 0 Å². The molecule has 6 heteroatoms. The second kappa shape index (κ2) is 6.83. The van der Waals surface area contributed by atoms with E-state index >= 15 is 0 Å². The molecule has 3 rings (SSSR count). The number of benzene rings is 2. The zero-order valence-corrected chi connectivity index (χ0v) is 14.6. The highest BCUT2D eigenvalue weighted by Gasteiger charge is 2.16. The Morgan fingerprint density at radius 1 is 1.08 bits per heavy atom. The first-order chi connectivity index (χ1) is 11.5. The van der Waals surface area contributed by atoms with Crippen LogP contribution in [-0.4, -0.2) is 15.2 Å². The summed E-state index contributed by atoms with van der Waals surface area (Å²) >= 11 is 0. The molecule has 0 bridgehead atoms. The van der Waals surface area contributed by atoms with Gasteiger partial charge in [-0.3, -0.25) is 0 Å². The standard InChI is InChI=1S/C18H21NO4S/c1-3-13(2)15-5-7-16(8-6-15)24(20,21)19-11-14-4-9-17-18(10-14)23-12-22-17/h4-10,13,19H,3,11-12H2,1-2H3/t13-/m1/s1. The Morgan fingerprint density at radius 3 is 2.50 bits per heavy atom. The molecule has 0 aliphatic carbocycles. The number of hydrogen-bond donors (Lipinski definition) is 1. The Balaban J connectivity index is 1.69. The molecule has 1 N–H and O–H groups in total. The first-order valence-corrected chi connectivity index (χ1v) is 9.46. The van der Waals surface area contributed by atoms with Gasteiger partial charge in [-0.25, -0.2) is 13.1 Å². The lowest BCUT2D eigenvalue weighted by Crippen LogP contribution is -2.23. The largest absolute Gasteiger partial charge is 0.454 e. The van der Waals surface area contributed by atoms with E-state index < -0.39 is 10.0 Å². The van der Waals surface area contributed by atoms with E-state index in [9.17, 15) is 8.42 Å². The highest BCUT2D eigenvalue weighted by Crippen LogP contribution is 2.32. The van der Waals surface area contributed by atoms with E-state index in [4.69, 9.17) is 9.47 Å². The van der Waals surface area contributed by atoms with Crippen LogP contribution in [0.4, 0.5) is 0 Å². The van der Waals surface area contributed by atoms with Gasteiger partial charge in [0.15, 0.2) is 11.5 Å². The first kappa shape index (κ1) is 16.8. The predicted octanol–water partition coefficient (Wildman–Crippen LogP) is 3.41. The van der Waals surface area contributed by atoms with Gasteiger partial charge in [0.2, 0.25) is 16.8 Å². The summed E-state index contributed by atoms with van der Waals surface area (Å²) in [6.07, 6.45) is 1.02. The number of fused-ring (bicyclic) bond motifs is 1. The van der Waals surface area contributed by atoms with Crippen LogP contribution in [0.5, 0.6) is 11.5 Å². The molecule has 0 fully saturated rings. The van der Waals surface area contributed by atoms with E-state index in [0.29, 0.717) is 17.4 Å². The quantitative estimate of drug-likeness (QED) is 0.870. The molecule has 128 valence electrons. The number of nitrogens with one attached hydrogen (secondary N) is 1. The van der Waals surface area contributed by atoms with E-state index in [1.54, 1.807) is 24.3 Å². The fourth-order valence-corrected chi connectivity index (χ4v) is 3.54. The van der Waals surface area contributed by atoms with Gasteiger partial charge in [-0.1, -0.05) is 32.0 Å². The average Bonchev–Trinajstić information content (AvgIpc) is 3.07. The molecule has 0 saturated carbocycles. The van der Waals surface area contributed by atoms with E-state index in [-0.39, 0.29) is 18.2 Å². The van der Waals surface area contributed by atoms with Gasteiger partial charge in [-0.05, 0) is 47.7 Å². The normalized spacial score (nSPS) is 14.6. The molecular weight excluding hydrogens is 326 g/mol. The Bertz CT molecular complexity index is 815. The third-order valence-electron chi connectivity index (χ3n) is 4.28. The molecule has 0 saturated heterocycles. The van der Waals surface area contributed by atoms with Crippen LogP contribution < -0.4 is 14.2 Å². The summed E-state index contributed by atoms with van der Waals surface area (Å²) in [4.78, 5) is 0.273. The Labute approximate surface area is 142 Å². The van der Waals surface area contributed by atoms with Crippen molar-refractivity contribution in [1.82, 2.24) is 4.72 Å². The fourth-order valence-electron chi connectivity index (χ4n) is 2.52. The van der Waals surface area contributed by atoms with Crippen LogP contribution in [0.1, 0.15) is 37.3 Å². The van der Waals surface area contributed by atoms with Crippen LogP contribution in [-0.2, 0) is 16.6 Å². The summed E-state index contributed by atoms with van der Waals surface area (Å²) in [5.74, 6) is 1.75. The van der Waals surface area contributed by atoms with Gasteiger partial charge in [0.25, 0.3) is 0 Å². The maximum Gasteiger partial charge on any atom is 0.240 e. The molecule has 1 aliphatic heterocycles. The lowest BCUT2D eigenvalue weighted by Gasteiger charge is -2.11. The van der Waals surface area contributed by atoms with Crippen LogP contribution in [0.3, 0.4) is 0 Å². The van der Waals surface area contributed by atoms with Crippen molar-refractivity contribution >= 4 is 10.0 Å². The molecule has 24 heavy (non-hydrogen) atoms. The number of rotatable bonds is 6. The Morgan fingerprint density at radius 2 is 1.79 bits per heavy atom. The molecule has 1 aliphatic rings. The minimum Gasteiger partial charge on any atom is -0.454 e. The van der Waals surface area contributed by atoms with Gasteiger partial charge in [0.1, 0.15) is 0 Å². The molecule has 0 unspecified atom stereocenters. The highest BCUT2D eigenvalue weighted by molar-refractivity contribution is 7.89. The molecule has 0 amide bonds. The first-order valence-electron chi connectivity index (χ1n) is 7.98. The Kier molecular flexibility index (Phi) is 4.78.